The molecule has 0 amide bonds. The topological polar surface area (TPSA) is 95.9 Å². The van der Waals surface area contributed by atoms with Gasteiger partial charge in [0.1, 0.15) is 22.5 Å². The molecule has 0 aliphatic rings. The summed E-state index contributed by atoms with van der Waals surface area (Å²) in [4.78, 5) is 22.9. The van der Waals surface area contributed by atoms with Crippen LogP contribution in [-0.2, 0) is 4.74 Å². The maximum absolute atomic E-state index is 12.1. The van der Waals surface area contributed by atoms with E-state index in [-0.39, 0.29) is 18.0 Å². The van der Waals surface area contributed by atoms with E-state index in [0.717, 1.165) is 26.2 Å². The van der Waals surface area contributed by atoms with Crippen molar-refractivity contribution in [1.82, 2.24) is 19.7 Å². The fourth-order valence-electron chi connectivity index (χ4n) is 3.03. The number of thiophene rings is 1. The van der Waals surface area contributed by atoms with E-state index in [1.807, 2.05) is 30.3 Å². The molecule has 0 aliphatic heterocycles. The number of nitrogen functional groups attached to an aromatic ring is 1. The largest absolute Gasteiger partial charge is 0.462 e. The first-order valence-corrected chi connectivity index (χ1v) is 9.24. The molecule has 27 heavy (non-hydrogen) atoms. The minimum absolute atomic E-state index is 0.191. The number of fused-ring (bicyclic) bond motifs is 1. The van der Waals surface area contributed by atoms with E-state index in [1.54, 1.807) is 18.3 Å². The number of aromatic nitrogens is 4. The minimum Gasteiger partial charge on any atom is -0.462 e. The Morgan fingerprint density at radius 3 is 2.78 bits per heavy atom. The number of hydrogen-bond acceptors (Lipinski definition) is 7. The lowest BCUT2D eigenvalue weighted by atomic mass is 10.0. The Morgan fingerprint density at radius 1 is 1.26 bits per heavy atom. The normalized spacial score (nSPS) is 11.0. The van der Waals surface area contributed by atoms with Crippen LogP contribution in [-0.4, -0.2) is 32.3 Å². The fourth-order valence-corrected chi connectivity index (χ4v) is 4.04. The zero-order chi connectivity index (χ0) is 19.0. The molecule has 8 heteroatoms. The van der Waals surface area contributed by atoms with Crippen LogP contribution in [0.15, 0.2) is 42.9 Å². The summed E-state index contributed by atoms with van der Waals surface area (Å²) in [6.07, 6.45) is 2.89. The lowest BCUT2D eigenvalue weighted by Crippen LogP contribution is -2.10. The Labute approximate surface area is 159 Å². The average molecular weight is 379 g/mol. The monoisotopic (exact) mass is 379 g/mol. The number of carbonyl (C=O) groups excluding carboxylic acids is 1. The highest BCUT2D eigenvalue weighted by Crippen LogP contribution is 2.40. The Kier molecular flexibility index (Phi) is 4.33. The van der Waals surface area contributed by atoms with Crippen LogP contribution in [0.1, 0.15) is 22.2 Å². The summed E-state index contributed by atoms with van der Waals surface area (Å²) in [5, 5.41) is 5.15. The number of ether oxygens (including phenoxy) is 1. The third-order valence-electron chi connectivity index (χ3n) is 4.21. The number of nitrogens with zero attached hydrogens (tertiary/aromatic N) is 4. The zero-order valence-corrected chi connectivity index (χ0v) is 15.7. The van der Waals surface area contributed by atoms with Gasteiger partial charge in [-0.25, -0.2) is 14.8 Å². The van der Waals surface area contributed by atoms with E-state index in [2.05, 4.69) is 22.0 Å². The fraction of sp³-hybridized carbons (Fsp3) is 0.158. The third kappa shape index (κ3) is 2.83. The van der Waals surface area contributed by atoms with Crippen molar-refractivity contribution in [3.05, 3.63) is 53.3 Å². The maximum atomic E-state index is 12.1. The van der Waals surface area contributed by atoms with Crippen molar-refractivity contribution in [1.29, 1.82) is 0 Å². The molecule has 0 radical (unpaired) electrons. The number of aryl methyl sites for hydroxylation is 1. The van der Waals surface area contributed by atoms with Crippen LogP contribution in [0.2, 0.25) is 0 Å². The highest BCUT2D eigenvalue weighted by molar-refractivity contribution is 7.19. The molecule has 0 saturated heterocycles. The number of hydrogen-bond donors (Lipinski definition) is 1. The Morgan fingerprint density at radius 2 is 2.04 bits per heavy atom. The van der Waals surface area contributed by atoms with Crippen LogP contribution in [0.4, 0.5) is 5.82 Å². The molecule has 0 spiro atoms. The molecule has 7 nitrogen and oxygen atoms in total. The van der Waals surface area contributed by atoms with Crippen LogP contribution in [0.25, 0.3) is 27.2 Å². The second-order valence-corrected chi connectivity index (χ2v) is 7.06. The predicted molar refractivity (Wildman–Crippen MR) is 105 cm³/mol. The molecule has 4 rings (SSSR count). The van der Waals surface area contributed by atoms with Gasteiger partial charge in [0.05, 0.1) is 18.2 Å². The lowest BCUT2D eigenvalue weighted by Gasteiger charge is -2.08. The van der Waals surface area contributed by atoms with Crippen molar-refractivity contribution in [2.24, 2.45) is 0 Å². The minimum atomic E-state index is -0.503. The van der Waals surface area contributed by atoms with Gasteiger partial charge in [-0.1, -0.05) is 30.3 Å². The standard InChI is InChI=1S/C19H17N5O2S/c1-3-26-19(25)13-9-23-24(16(13)20)17-15-14(12-7-5-4-6-8-12)11(2)27-18(15)22-10-21-17/h4-10H,3,20H2,1-2H3. The molecule has 136 valence electrons. The summed E-state index contributed by atoms with van der Waals surface area (Å²) in [7, 11) is 0. The van der Waals surface area contributed by atoms with Gasteiger partial charge in [0.2, 0.25) is 0 Å². The molecule has 0 unspecified atom stereocenters. The second-order valence-electron chi connectivity index (χ2n) is 5.85. The molecule has 0 bridgehead atoms. The van der Waals surface area contributed by atoms with Gasteiger partial charge in [-0.15, -0.1) is 11.3 Å². The van der Waals surface area contributed by atoms with Crippen molar-refractivity contribution in [3.8, 4) is 16.9 Å². The summed E-state index contributed by atoms with van der Waals surface area (Å²) in [6.45, 7) is 4.06. The van der Waals surface area contributed by atoms with E-state index >= 15 is 0 Å². The van der Waals surface area contributed by atoms with Gasteiger partial charge >= 0.3 is 5.97 Å². The second kappa shape index (κ2) is 6.81. The van der Waals surface area contributed by atoms with Crippen LogP contribution in [0, 0.1) is 6.92 Å². The van der Waals surface area contributed by atoms with Gasteiger partial charge in [-0.3, -0.25) is 0 Å². The van der Waals surface area contributed by atoms with Crippen molar-refractivity contribution >= 4 is 33.3 Å². The Balaban J connectivity index is 1.95. The van der Waals surface area contributed by atoms with Crippen molar-refractivity contribution in [2.45, 2.75) is 13.8 Å². The molecule has 2 N–H and O–H groups in total. The van der Waals surface area contributed by atoms with Crippen LogP contribution in [0.5, 0.6) is 0 Å². The first kappa shape index (κ1) is 17.2. The van der Waals surface area contributed by atoms with Gasteiger partial charge in [0.25, 0.3) is 0 Å². The van der Waals surface area contributed by atoms with Gasteiger partial charge in [0, 0.05) is 10.4 Å². The van der Waals surface area contributed by atoms with E-state index in [9.17, 15) is 4.79 Å². The van der Waals surface area contributed by atoms with E-state index in [0.29, 0.717) is 5.82 Å². The smallest absolute Gasteiger partial charge is 0.343 e. The number of anilines is 1. The van der Waals surface area contributed by atoms with Crippen LogP contribution in [0.3, 0.4) is 0 Å². The first-order chi connectivity index (χ1) is 13.1. The molecule has 1 aromatic carbocycles. The summed E-state index contributed by atoms with van der Waals surface area (Å²) in [5.74, 6) is 0.226. The summed E-state index contributed by atoms with van der Waals surface area (Å²) in [5.41, 5.74) is 8.52. The van der Waals surface area contributed by atoms with Gasteiger partial charge in [-0.05, 0) is 19.4 Å². The van der Waals surface area contributed by atoms with Crippen LogP contribution >= 0.6 is 11.3 Å². The first-order valence-electron chi connectivity index (χ1n) is 8.42. The molecule has 0 fully saturated rings. The number of nitrogens with two attached hydrogens (primary N) is 1. The third-order valence-corrected chi connectivity index (χ3v) is 5.22. The quantitative estimate of drug-likeness (QED) is 0.544. The van der Waals surface area contributed by atoms with E-state index in [1.165, 1.54) is 17.2 Å². The van der Waals surface area contributed by atoms with E-state index < -0.39 is 5.97 Å². The highest BCUT2D eigenvalue weighted by Gasteiger charge is 2.22. The van der Waals surface area contributed by atoms with Gasteiger partial charge in [-0.2, -0.15) is 9.78 Å². The zero-order valence-electron chi connectivity index (χ0n) is 14.8. The molecular formula is C19H17N5O2S. The summed E-state index contributed by atoms with van der Waals surface area (Å²) in [6, 6.07) is 10.0. The Bertz CT molecular complexity index is 1130. The molecule has 3 heterocycles. The predicted octanol–water partition coefficient (Wildman–Crippen LogP) is 3.61. The lowest BCUT2D eigenvalue weighted by molar-refractivity contribution is 0.0527. The number of rotatable bonds is 4. The number of benzene rings is 1. The van der Waals surface area contributed by atoms with Gasteiger partial charge < -0.3 is 10.5 Å². The SMILES string of the molecule is CCOC(=O)c1cnn(-c2ncnc3sc(C)c(-c4ccccc4)c23)c1N. The van der Waals surface area contributed by atoms with Crippen LogP contribution < -0.4 is 5.73 Å². The maximum Gasteiger partial charge on any atom is 0.343 e. The summed E-state index contributed by atoms with van der Waals surface area (Å²) < 4.78 is 6.51. The number of esters is 1. The average Bonchev–Trinajstić information content (AvgIpc) is 3.21. The Hall–Kier alpha value is -3.26. The molecule has 3 aromatic heterocycles. The molecule has 0 saturated carbocycles. The van der Waals surface area contributed by atoms with Crippen molar-refractivity contribution < 1.29 is 9.53 Å². The molecule has 0 atom stereocenters. The molecular weight excluding hydrogens is 362 g/mol. The highest BCUT2D eigenvalue weighted by atomic mass is 32.1. The molecule has 4 aromatic rings. The molecule has 0 aliphatic carbocycles. The summed E-state index contributed by atoms with van der Waals surface area (Å²) >= 11 is 1.58. The number of carbonyl (C=O) groups is 1. The van der Waals surface area contributed by atoms with Crippen molar-refractivity contribution in [3.63, 3.8) is 0 Å². The van der Waals surface area contributed by atoms with E-state index in [4.69, 9.17) is 10.5 Å². The van der Waals surface area contributed by atoms with Gasteiger partial charge in [0.15, 0.2) is 5.82 Å². The van der Waals surface area contributed by atoms with Crippen molar-refractivity contribution in [2.75, 3.05) is 12.3 Å².